The van der Waals surface area contributed by atoms with E-state index in [-0.39, 0.29) is 12.5 Å². The van der Waals surface area contributed by atoms with E-state index in [1.165, 1.54) is 0 Å². The number of hydrogen-bond donors (Lipinski definition) is 2. The van der Waals surface area contributed by atoms with Crippen molar-refractivity contribution >= 4 is 0 Å². The molecule has 2 nitrogen and oxygen atoms in total. The highest BCUT2D eigenvalue weighted by molar-refractivity contribution is 5.11. The highest BCUT2D eigenvalue weighted by Crippen LogP contribution is 2.14. The third kappa shape index (κ3) is 1.69. The Morgan fingerprint density at radius 2 is 2.30 bits per heavy atom. The van der Waals surface area contributed by atoms with Crippen LogP contribution in [-0.2, 0) is 0 Å². The van der Waals surface area contributed by atoms with Gasteiger partial charge in [0.1, 0.15) is 0 Å². The molecule has 0 aromatic heterocycles. The van der Waals surface area contributed by atoms with Gasteiger partial charge in [-0.05, 0) is 6.42 Å². The van der Waals surface area contributed by atoms with Gasteiger partial charge in [-0.15, -0.1) is 0 Å². The van der Waals surface area contributed by atoms with Gasteiger partial charge in [-0.2, -0.15) is 0 Å². The van der Waals surface area contributed by atoms with Gasteiger partial charge in [0.2, 0.25) is 0 Å². The summed E-state index contributed by atoms with van der Waals surface area (Å²) in [4.78, 5) is 0. The van der Waals surface area contributed by atoms with Crippen molar-refractivity contribution in [3.8, 4) is 0 Å². The summed E-state index contributed by atoms with van der Waals surface area (Å²) in [6.45, 7) is -0.150. The molecule has 0 amide bonds. The summed E-state index contributed by atoms with van der Waals surface area (Å²) in [7, 11) is 0. The largest absolute Gasteiger partial charge is 0.394 e. The highest BCUT2D eigenvalue weighted by atomic mass is 16.3. The predicted molar refractivity (Wildman–Crippen MR) is 39.5 cm³/mol. The van der Waals surface area contributed by atoms with Gasteiger partial charge in [-0.25, -0.2) is 0 Å². The van der Waals surface area contributed by atoms with E-state index >= 15 is 0 Å². The number of aliphatic hydroxyl groups is 2. The van der Waals surface area contributed by atoms with Crippen molar-refractivity contribution in [3.05, 3.63) is 24.3 Å². The normalized spacial score (nSPS) is 26.8. The average Bonchev–Trinajstić information content (AvgIpc) is 2.05. The quantitative estimate of drug-likeness (QED) is 0.585. The van der Waals surface area contributed by atoms with Crippen molar-refractivity contribution in [2.45, 2.75) is 12.5 Å². The molecule has 10 heavy (non-hydrogen) atoms. The molecular weight excluding hydrogens is 128 g/mol. The van der Waals surface area contributed by atoms with Crippen LogP contribution < -0.4 is 0 Å². The molecule has 0 bridgehead atoms. The van der Waals surface area contributed by atoms with E-state index < -0.39 is 6.10 Å². The van der Waals surface area contributed by atoms with Crippen molar-refractivity contribution < 1.29 is 10.2 Å². The molecule has 0 fully saturated rings. The topological polar surface area (TPSA) is 40.5 Å². The summed E-state index contributed by atoms with van der Waals surface area (Å²) < 4.78 is 0. The van der Waals surface area contributed by atoms with E-state index in [9.17, 15) is 0 Å². The first kappa shape index (κ1) is 7.51. The summed E-state index contributed by atoms with van der Waals surface area (Å²) in [5.41, 5.74) is 0. The Hall–Kier alpha value is -0.600. The molecule has 0 aromatic rings. The van der Waals surface area contributed by atoms with Crippen LogP contribution in [0.5, 0.6) is 0 Å². The van der Waals surface area contributed by atoms with E-state index in [0.29, 0.717) is 0 Å². The van der Waals surface area contributed by atoms with Gasteiger partial charge in [0.25, 0.3) is 0 Å². The van der Waals surface area contributed by atoms with Crippen molar-refractivity contribution in [1.29, 1.82) is 0 Å². The molecule has 2 N–H and O–H groups in total. The minimum Gasteiger partial charge on any atom is -0.394 e. The Morgan fingerprint density at radius 3 is 2.80 bits per heavy atom. The van der Waals surface area contributed by atoms with Crippen molar-refractivity contribution in [2.24, 2.45) is 5.92 Å². The predicted octanol–water partition coefficient (Wildman–Crippen LogP) is 0.472. The van der Waals surface area contributed by atoms with Gasteiger partial charge >= 0.3 is 0 Å². The Kier molecular flexibility index (Phi) is 2.66. The van der Waals surface area contributed by atoms with Crippen LogP contribution in [0.25, 0.3) is 0 Å². The lowest BCUT2D eigenvalue weighted by Gasteiger charge is -2.17. The molecule has 56 valence electrons. The molecule has 0 radical (unpaired) electrons. The minimum absolute atomic E-state index is 0.106. The lowest BCUT2D eigenvalue weighted by Crippen LogP contribution is -2.22. The number of aliphatic hydroxyl groups excluding tert-OH is 2. The maximum atomic E-state index is 9.15. The van der Waals surface area contributed by atoms with Crippen molar-refractivity contribution in [2.75, 3.05) is 6.61 Å². The molecule has 0 saturated carbocycles. The second-order valence-electron chi connectivity index (χ2n) is 2.46. The van der Waals surface area contributed by atoms with Crippen LogP contribution in [0.3, 0.4) is 0 Å². The molecule has 0 spiro atoms. The zero-order chi connectivity index (χ0) is 7.40. The fourth-order valence-corrected chi connectivity index (χ4v) is 1.02. The molecular formula is C8H12O2. The Bertz CT molecular complexity index is 149. The lowest BCUT2D eigenvalue weighted by molar-refractivity contribution is 0.0635. The smallest absolute Gasteiger partial charge is 0.0836 e. The maximum Gasteiger partial charge on any atom is 0.0836 e. The molecule has 2 atom stereocenters. The first-order valence-electron chi connectivity index (χ1n) is 3.47. The van der Waals surface area contributed by atoms with E-state index in [1.54, 1.807) is 0 Å². The summed E-state index contributed by atoms with van der Waals surface area (Å²) in [5.74, 6) is 0.106. The molecule has 2 heteroatoms. The molecule has 1 aliphatic carbocycles. The summed E-state index contributed by atoms with van der Waals surface area (Å²) >= 11 is 0. The highest BCUT2D eigenvalue weighted by Gasteiger charge is 2.14. The van der Waals surface area contributed by atoms with E-state index in [4.69, 9.17) is 10.2 Å². The van der Waals surface area contributed by atoms with Gasteiger partial charge in [0.15, 0.2) is 0 Å². The Morgan fingerprint density at radius 1 is 1.50 bits per heavy atom. The number of rotatable bonds is 2. The number of allylic oxidation sites excluding steroid dienone is 3. The lowest BCUT2D eigenvalue weighted by atomic mass is 9.95. The zero-order valence-corrected chi connectivity index (χ0v) is 5.77. The summed E-state index contributed by atoms with van der Waals surface area (Å²) in [6, 6.07) is 0. The van der Waals surface area contributed by atoms with E-state index in [1.807, 2.05) is 24.3 Å². The first-order chi connectivity index (χ1) is 4.84. The van der Waals surface area contributed by atoms with E-state index in [2.05, 4.69) is 0 Å². The molecule has 0 aliphatic heterocycles. The third-order valence-electron chi connectivity index (χ3n) is 1.70. The molecule has 0 aromatic carbocycles. The van der Waals surface area contributed by atoms with Crippen LogP contribution in [0.2, 0.25) is 0 Å². The van der Waals surface area contributed by atoms with Crippen LogP contribution in [0.1, 0.15) is 6.42 Å². The molecule has 1 rings (SSSR count). The van der Waals surface area contributed by atoms with Crippen molar-refractivity contribution in [1.82, 2.24) is 0 Å². The molecule has 0 saturated heterocycles. The minimum atomic E-state index is -0.596. The fraction of sp³-hybridized carbons (Fsp3) is 0.500. The fourth-order valence-electron chi connectivity index (χ4n) is 1.02. The van der Waals surface area contributed by atoms with Crippen molar-refractivity contribution in [3.63, 3.8) is 0 Å². The first-order valence-corrected chi connectivity index (χ1v) is 3.47. The Labute approximate surface area is 60.5 Å². The second-order valence-corrected chi connectivity index (χ2v) is 2.46. The van der Waals surface area contributed by atoms with Crippen LogP contribution in [0.4, 0.5) is 0 Å². The SMILES string of the molecule is OCC(O)C1C=CC=CC1. The van der Waals surface area contributed by atoms with Gasteiger partial charge in [-0.3, -0.25) is 0 Å². The molecule has 0 heterocycles. The monoisotopic (exact) mass is 140 g/mol. The van der Waals surface area contributed by atoms with Crippen LogP contribution in [0.15, 0.2) is 24.3 Å². The standard InChI is InChI=1S/C8H12O2/c9-6-8(10)7-4-2-1-3-5-7/h1-4,7-10H,5-6H2. The van der Waals surface area contributed by atoms with E-state index in [0.717, 1.165) is 6.42 Å². The maximum absolute atomic E-state index is 9.15. The van der Waals surface area contributed by atoms with Crippen LogP contribution in [0, 0.1) is 5.92 Å². The van der Waals surface area contributed by atoms with Crippen LogP contribution in [-0.4, -0.2) is 22.9 Å². The average molecular weight is 140 g/mol. The van der Waals surface area contributed by atoms with Gasteiger partial charge in [-0.1, -0.05) is 24.3 Å². The van der Waals surface area contributed by atoms with Gasteiger partial charge in [0, 0.05) is 5.92 Å². The summed E-state index contributed by atoms with van der Waals surface area (Å²) in [5, 5.41) is 17.7. The third-order valence-corrected chi connectivity index (χ3v) is 1.70. The Balaban J connectivity index is 2.42. The van der Waals surface area contributed by atoms with Gasteiger partial charge < -0.3 is 10.2 Å². The summed E-state index contributed by atoms with van der Waals surface area (Å²) in [6.07, 6.45) is 7.98. The molecule has 2 unspecified atom stereocenters. The zero-order valence-electron chi connectivity index (χ0n) is 5.77. The van der Waals surface area contributed by atoms with Gasteiger partial charge in [0.05, 0.1) is 12.7 Å². The second kappa shape index (κ2) is 3.54. The van der Waals surface area contributed by atoms with Crippen LogP contribution >= 0.6 is 0 Å². The molecule has 1 aliphatic rings. The number of hydrogen-bond acceptors (Lipinski definition) is 2.